The van der Waals surface area contributed by atoms with Crippen LogP contribution in [0.3, 0.4) is 0 Å². The van der Waals surface area contributed by atoms with Crippen molar-refractivity contribution in [1.29, 1.82) is 0 Å². The second-order valence-corrected chi connectivity index (χ2v) is 7.06. The summed E-state index contributed by atoms with van der Waals surface area (Å²) >= 11 is 7.44. The van der Waals surface area contributed by atoms with E-state index in [1.54, 1.807) is 19.2 Å². The van der Waals surface area contributed by atoms with Crippen LogP contribution in [0.15, 0.2) is 23.6 Å². The topological polar surface area (TPSA) is 80.3 Å². The van der Waals surface area contributed by atoms with Gasteiger partial charge in [0, 0.05) is 17.9 Å². The number of aromatic nitrogens is 1. The lowest BCUT2D eigenvalue weighted by Gasteiger charge is -2.20. The molecule has 8 heteroatoms. The summed E-state index contributed by atoms with van der Waals surface area (Å²) in [5, 5.41) is 8.19. The number of ether oxygens (including phenoxy) is 1. The first-order valence-electron chi connectivity index (χ1n) is 7.69. The Kier molecular flexibility index (Phi) is 6.39. The highest BCUT2D eigenvalue weighted by molar-refractivity contribution is 7.14. The zero-order chi connectivity index (χ0) is 18.6. The second-order valence-electron chi connectivity index (χ2n) is 5.80. The van der Waals surface area contributed by atoms with Crippen molar-refractivity contribution in [2.45, 2.75) is 26.8 Å². The zero-order valence-corrected chi connectivity index (χ0v) is 16.0. The van der Waals surface area contributed by atoms with Crippen molar-refractivity contribution in [3.8, 4) is 17.0 Å². The molecule has 0 aliphatic carbocycles. The number of amides is 2. The van der Waals surface area contributed by atoms with E-state index >= 15 is 0 Å². The van der Waals surface area contributed by atoms with E-state index in [1.165, 1.54) is 18.3 Å². The Balaban J connectivity index is 2.14. The van der Waals surface area contributed by atoms with E-state index in [2.05, 4.69) is 15.6 Å². The molecule has 2 amide bonds. The first kappa shape index (κ1) is 19.2. The van der Waals surface area contributed by atoms with Gasteiger partial charge in [0.25, 0.3) is 0 Å². The van der Waals surface area contributed by atoms with E-state index in [0.717, 1.165) is 5.56 Å². The minimum atomic E-state index is -0.611. The first-order chi connectivity index (χ1) is 11.8. The normalized spacial score (nSPS) is 11.9. The molecule has 2 aromatic rings. The number of nitrogens with zero attached hydrogens (tertiary/aromatic N) is 1. The van der Waals surface area contributed by atoms with Crippen molar-refractivity contribution < 1.29 is 14.3 Å². The number of anilines is 1. The number of rotatable bonds is 6. The van der Waals surface area contributed by atoms with Gasteiger partial charge in [0.2, 0.25) is 11.8 Å². The van der Waals surface area contributed by atoms with Gasteiger partial charge < -0.3 is 15.4 Å². The number of halogens is 1. The molecule has 2 N–H and O–H groups in total. The molecule has 0 aliphatic rings. The van der Waals surface area contributed by atoms with E-state index in [9.17, 15) is 9.59 Å². The van der Waals surface area contributed by atoms with E-state index < -0.39 is 6.04 Å². The predicted molar refractivity (Wildman–Crippen MR) is 100 cm³/mol. The molecule has 134 valence electrons. The van der Waals surface area contributed by atoms with Crippen LogP contribution in [0.5, 0.6) is 5.75 Å². The lowest BCUT2D eigenvalue weighted by atomic mass is 10.0. The number of thiazole rings is 1. The molecule has 2 rings (SSSR count). The maximum atomic E-state index is 12.4. The quantitative estimate of drug-likeness (QED) is 0.801. The van der Waals surface area contributed by atoms with Gasteiger partial charge in [0.15, 0.2) is 5.13 Å². The first-order valence-corrected chi connectivity index (χ1v) is 8.95. The van der Waals surface area contributed by atoms with Crippen LogP contribution in [0, 0.1) is 5.92 Å². The van der Waals surface area contributed by atoms with Crippen molar-refractivity contribution in [1.82, 2.24) is 10.3 Å². The summed E-state index contributed by atoms with van der Waals surface area (Å²) in [6, 6.07) is 4.76. The minimum Gasteiger partial charge on any atom is -0.495 e. The van der Waals surface area contributed by atoms with Crippen molar-refractivity contribution in [3.05, 3.63) is 28.6 Å². The number of carbonyl (C=O) groups is 2. The molecular weight excluding hydrogens is 362 g/mol. The molecule has 0 fully saturated rings. The van der Waals surface area contributed by atoms with Crippen molar-refractivity contribution >= 4 is 39.9 Å². The van der Waals surface area contributed by atoms with Crippen LogP contribution >= 0.6 is 22.9 Å². The molecule has 25 heavy (non-hydrogen) atoms. The highest BCUT2D eigenvalue weighted by Gasteiger charge is 2.23. The molecule has 1 unspecified atom stereocenters. The van der Waals surface area contributed by atoms with Gasteiger partial charge in [-0.25, -0.2) is 4.98 Å². The molecule has 0 saturated carbocycles. The summed E-state index contributed by atoms with van der Waals surface area (Å²) in [5.41, 5.74) is 1.52. The van der Waals surface area contributed by atoms with E-state index in [-0.39, 0.29) is 17.7 Å². The molecular formula is C17H20ClN3O3S. The third-order valence-electron chi connectivity index (χ3n) is 3.49. The molecule has 1 aromatic heterocycles. The van der Waals surface area contributed by atoms with Gasteiger partial charge in [-0.15, -0.1) is 11.3 Å². The van der Waals surface area contributed by atoms with Gasteiger partial charge in [0.1, 0.15) is 11.8 Å². The van der Waals surface area contributed by atoms with Crippen LogP contribution in [-0.2, 0) is 9.59 Å². The number of hydrogen-bond donors (Lipinski definition) is 2. The molecule has 1 heterocycles. The Hall–Kier alpha value is -2.12. The Morgan fingerprint density at radius 2 is 2.04 bits per heavy atom. The van der Waals surface area contributed by atoms with E-state index in [0.29, 0.717) is 21.6 Å². The second kappa shape index (κ2) is 8.31. The van der Waals surface area contributed by atoms with Crippen LogP contribution in [0.4, 0.5) is 5.13 Å². The Labute approximate surface area is 155 Å². The van der Waals surface area contributed by atoms with Gasteiger partial charge in [0.05, 0.1) is 17.8 Å². The van der Waals surface area contributed by atoms with Crippen LogP contribution in [-0.4, -0.2) is 29.9 Å². The SMILES string of the molecule is COc1ccc(-c2csc(NC(=O)C(NC(C)=O)C(C)C)n2)cc1Cl. The number of benzene rings is 1. The van der Waals surface area contributed by atoms with Crippen molar-refractivity contribution in [2.24, 2.45) is 5.92 Å². The maximum Gasteiger partial charge on any atom is 0.248 e. The fraction of sp³-hybridized carbons (Fsp3) is 0.353. The summed E-state index contributed by atoms with van der Waals surface area (Å²) in [7, 11) is 1.55. The van der Waals surface area contributed by atoms with Crippen LogP contribution in [0.1, 0.15) is 20.8 Å². The molecule has 6 nitrogen and oxygen atoms in total. The van der Waals surface area contributed by atoms with Crippen molar-refractivity contribution in [2.75, 3.05) is 12.4 Å². The molecule has 0 bridgehead atoms. The number of nitrogens with one attached hydrogen (secondary N) is 2. The minimum absolute atomic E-state index is 0.0382. The molecule has 1 atom stereocenters. The predicted octanol–water partition coefficient (Wildman–Crippen LogP) is 3.57. The van der Waals surface area contributed by atoms with Crippen LogP contribution in [0.2, 0.25) is 5.02 Å². The third kappa shape index (κ3) is 4.93. The van der Waals surface area contributed by atoms with Gasteiger partial charge in [-0.2, -0.15) is 0 Å². The highest BCUT2D eigenvalue weighted by atomic mass is 35.5. The zero-order valence-electron chi connectivity index (χ0n) is 14.4. The Bertz CT molecular complexity index is 776. The standard InChI is InChI=1S/C17H20ClN3O3S/c1-9(2)15(19-10(3)22)16(23)21-17-20-13(8-25-17)11-5-6-14(24-4)12(18)7-11/h5-9,15H,1-4H3,(H,19,22)(H,20,21,23). The Morgan fingerprint density at radius 3 is 2.60 bits per heavy atom. The average Bonchev–Trinajstić information content (AvgIpc) is 3.00. The maximum absolute atomic E-state index is 12.4. The smallest absolute Gasteiger partial charge is 0.248 e. The van der Waals surface area contributed by atoms with Gasteiger partial charge in [-0.05, 0) is 24.1 Å². The summed E-state index contributed by atoms with van der Waals surface area (Å²) < 4.78 is 5.13. The summed E-state index contributed by atoms with van der Waals surface area (Å²) in [6.45, 7) is 5.12. The van der Waals surface area contributed by atoms with E-state index in [1.807, 2.05) is 25.3 Å². The largest absolute Gasteiger partial charge is 0.495 e. The fourth-order valence-corrected chi connectivity index (χ4v) is 3.21. The molecule has 1 aromatic carbocycles. The average molecular weight is 382 g/mol. The molecule has 0 radical (unpaired) electrons. The lowest BCUT2D eigenvalue weighted by molar-refractivity contribution is -0.126. The molecule has 0 aliphatic heterocycles. The summed E-state index contributed by atoms with van der Waals surface area (Å²) in [6.07, 6.45) is 0. The number of carbonyl (C=O) groups excluding carboxylic acids is 2. The summed E-state index contributed by atoms with van der Waals surface area (Å²) in [5.74, 6) is 0.00778. The van der Waals surface area contributed by atoms with Crippen LogP contribution < -0.4 is 15.4 Å². The summed E-state index contributed by atoms with van der Waals surface area (Å²) in [4.78, 5) is 28.1. The Morgan fingerprint density at radius 1 is 1.32 bits per heavy atom. The fourth-order valence-electron chi connectivity index (χ4n) is 2.23. The monoisotopic (exact) mass is 381 g/mol. The number of hydrogen-bond acceptors (Lipinski definition) is 5. The molecule has 0 spiro atoms. The lowest BCUT2D eigenvalue weighted by Crippen LogP contribution is -2.46. The third-order valence-corrected chi connectivity index (χ3v) is 4.54. The van der Waals surface area contributed by atoms with Gasteiger partial charge in [-0.1, -0.05) is 25.4 Å². The van der Waals surface area contributed by atoms with Gasteiger partial charge in [-0.3, -0.25) is 9.59 Å². The molecule has 0 saturated heterocycles. The van der Waals surface area contributed by atoms with Gasteiger partial charge >= 0.3 is 0 Å². The highest BCUT2D eigenvalue weighted by Crippen LogP contribution is 2.31. The van der Waals surface area contributed by atoms with Crippen LogP contribution in [0.25, 0.3) is 11.3 Å². The number of methoxy groups -OCH3 is 1. The van der Waals surface area contributed by atoms with E-state index in [4.69, 9.17) is 16.3 Å². The van der Waals surface area contributed by atoms with Crippen molar-refractivity contribution in [3.63, 3.8) is 0 Å².